The minimum Gasteiger partial charge on any atom is -0.462 e. The number of hydrogen-bond acceptors (Lipinski definition) is 6. The monoisotopic (exact) mass is 807 g/mol. The predicted molar refractivity (Wildman–Crippen MR) is 243 cm³/mol. The number of carbonyl (C=O) groups excluding carboxylic acids is 3. The molecule has 0 radical (unpaired) electrons. The van der Waals surface area contributed by atoms with Crippen molar-refractivity contribution in [3.63, 3.8) is 0 Å². The molecule has 0 spiro atoms. The van der Waals surface area contributed by atoms with Crippen LogP contribution >= 0.6 is 0 Å². The van der Waals surface area contributed by atoms with Crippen molar-refractivity contribution in [3.05, 3.63) is 0 Å². The Hall–Kier alpha value is -1.59. The Kier molecular flexibility index (Phi) is 44.2. The van der Waals surface area contributed by atoms with Gasteiger partial charge in [-0.05, 0) is 25.2 Å². The number of hydrogen-bond donors (Lipinski definition) is 0. The van der Waals surface area contributed by atoms with Gasteiger partial charge in [-0.3, -0.25) is 14.4 Å². The molecule has 338 valence electrons. The van der Waals surface area contributed by atoms with E-state index in [4.69, 9.17) is 14.2 Å². The van der Waals surface area contributed by atoms with E-state index in [1.165, 1.54) is 180 Å². The van der Waals surface area contributed by atoms with E-state index in [-0.39, 0.29) is 31.1 Å². The molecule has 0 rings (SSSR count). The molecular weight excluding hydrogens is 709 g/mol. The van der Waals surface area contributed by atoms with Gasteiger partial charge in [0.05, 0.1) is 0 Å². The molecule has 0 aliphatic rings. The van der Waals surface area contributed by atoms with Crippen LogP contribution < -0.4 is 0 Å². The van der Waals surface area contributed by atoms with Gasteiger partial charge in [0.1, 0.15) is 13.2 Å². The molecule has 0 N–H and O–H groups in total. The summed E-state index contributed by atoms with van der Waals surface area (Å²) >= 11 is 0. The fourth-order valence-electron chi connectivity index (χ4n) is 7.66. The van der Waals surface area contributed by atoms with Crippen molar-refractivity contribution in [3.8, 4) is 0 Å². The molecular formula is C51H98O6. The van der Waals surface area contributed by atoms with Crippen LogP contribution in [0.5, 0.6) is 0 Å². The van der Waals surface area contributed by atoms with Crippen LogP contribution in [-0.2, 0) is 28.6 Å². The molecule has 57 heavy (non-hydrogen) atoms. The largest absolute Gasteiger partial charge is 0.462 e. The van der Waals surface area contributed by atoms with Crippen LogP contribution in [0, 0.1) is 5.92 Å². The van der Waals surface area contributed by atoms with E-state index in [0.717, 1.165) is 63.7 Å². The second-order valence-corrected chi connectivity index (χ2v) is 17.7. The number of carbonyl (C=O) groups is 3. The summed E-state index contributed by atoms with van der Waals surface area (Å²) in [5, 5.41) is 0. The summed E-state index contributed by atoms with van der Waals surface area (Å²) < 4.78 is 16.8. The molecule has 0 fully saturated rings. The van der Waals surface area contributed by atoms with Crippen LogP contribution in [-0.4, -0.2) is 37.2 Å². The van der Waals surface area contributed by atoms with Gasteiger partial charge in [0.15, 0.2) is 6.10 Å². The standard InChI is InChI=1S/C51H98O6/c1-5-8-10-12-14-16-17-18-19-20-21-22-23-24-26-31-35-39-43-50(53)56-46-48(45-55-49(52)42-38-34-30-25-15-13-11-9-6-2)57-51(54)44-40-36-32-28-27-29-33-37-41-47(4)7-3/h47-48H,5-46H2,1-4H3/t47?,48-/m1/s1. The third-order valence-electron chi connectivity index (χ3n) is 11.9. The lowest BCUT2D eigenvalue weighted by Crippen LogP contribution is -2.30. The molecule has 6 heteroatoms. The molecule has 0 bridgehead atoms. The first-order chi connectivity index (χ1) is 27.9. The third-order valence-corrected chi connectivity index (χ3v) is 11.9. The van der Waals surface area contributed by atoms with Gasteiger partial charge < -0.3 is 14.2 Å². The van der Waals surface area contributed by atoms with Gasteiger partial charge in [-0.1, -0.05) is 246 Å². The topological polar surface area (TPSA) is 78.9 Å². The Morgan fingerprint density at radius 1 is 0.351 bits per heavy atom. The highest BCUT2D eigenvalue weighted by Crippen LogP contribution is 2.17. The van der Waals surface area contributed by atoms with Gasteiger partial charge in [-0.2, -0.15) is 0 Å². The molecule has 0 aliphatic carbocycles. The van der Waals surface area contributed by atoms with Crippen LogP contribution in [0.15, 0.2) is 0 Å². The second-order valence-electron chi connectivity index (χ2n) is 17.7. The number of rotatable bonds is 46. The van der Waals surface area contributed by atoms with Crippen LogP contribution in [0.25, 0.3) is 0 Å². The summed E-state index contributed by atoms with van der Waals surface area (Å²) in [5.41, 5.74) is 0. The lowest BCUT2D eigenvalue weighted by molar-refractivity contribution is -0.167. The van der Waals surface area contributed by atoms with Crippen molar-refractivity contribution in [1.82, 2.24) is 0 Å². The van der Waals surface area contributed by atoms with Crippen LogP contribution in [0.1, 0.15) is 285 Å². The van der Waals surface area contributed by atoms with Crippen LogP contribution in [0.4, 0.5) is 0 Å². The first-order valence-electron chi connectivity index (χ1n) is 25.4. The zero-order valence-corrected chi connectivity index (χ0v) is 38.8. The Bertz CT molecular complexity index is 859. The average molecular weight is 807 g/mol. The minimum atomic E-state index is -0.760. The molecule has 0 heterocycles. The Morgan fingerprint density at radius 3 is 0.912 bits per heavy atom. The molecule has 6 nitrogen and oxygen atoms in total. The quantitative estimate of drug-likeness (QED) is 0.0346. The number of esters is 3. The van der Waals surface area contributed by atoms with Gasteiger partial charge in [-0.25, -0.2) is 0 Å². The van der Waals surface area contributed by atoms with Crippen LogP contribution in [0.3, 0.4) is 0 Å². The van der Waals surface area contributed by atoms with E-state index in [2.05, 4.69) is 27.7 Å². The highest BCUT2D eigenvalue weighted by atomic mass is 16.6. The van der Waals surface area contributed by atoms with Gasteiger partial charge in [0.2, 0.25) is 0 Å². The maximum absolute atomic E-state index is 12.7. The van der Waals surface area contributed by atoms with Crippen molar-refractivity contribution in [2.45, 2.75) is 291 Å². The molecule has 0 aromatic heterocycles. The summed E-state index contributed by atoms with van der Waals surface area (Å²) in [5.74, 6) is -0.00618. The summed E-state index contributed by atoms with van der Waals surface area (Å²) in [4.78, 5) is 37.8. The van der Waals surface area contributed by atoms with E-state index < -0.39 is 6.10 Å². The first kappa shape index (κ1) is 55.4. The fraction of sp³-hybridized carbons (Fsp3) is 0.941. The van der Waals surface area contributed by atoms with Crippen molar-refractivity contribution in [2.24, 2.45) is 5.92 Å². The van der Waals surface area contributed by atoms with Gasteiger partial charge in [0.25, 0.3) is 0 Å². The average Bonchev–Trinajstić information content (AvgIpc) is 3.21. The second kappa shape index (κ2) is 45.5. The SMILES string of the molecule is CCCCCCCCCCCCCCCCCCCCC(=O)OC[C@@H](COC(=O)CCCCCCCCCCC)OC(=O)CCCCCCCCCCC(C)CC. The normalized spacial score (nSPS) is 12.4. The summed E-state index contributed by atoms with van der Waals surface area (Å²) in [6.45, 7) is 9.01. The van der Waals surface area contributed by atoms with Crippen LogP contribution in [0.2, 0.25) is 0 Å². The highest BCUT2D eigenvalue weighted by molar-refractivity contribution is 5.71. The molecule has 0 aliphatic heterocycles. The molecule has 0 saturated carbocycles. The maximum Gasteiger partial charge on any atom is 0.306 e. The Labute approximate surface area is 355 Å². The van der Waals surface area contributed by atoms with E-state index >= 15 is 0 Å². The summed E-state index contributed by atoms with van der Waals surface area (Å²) in [6.07, 6.45) is 46.6. The summed E-state index contributed by atoms with van der Waals surface area (Å²) in [6, 6.07) is 0. The lowest BCUT2D eigenvalue weighted by Gasteiger charge is -2.18. The van der Waals surface area contributed by atoms with Gasteiger partial charge >= 0.3 is 17.9 Å². The zero-order valence-electron chi connectivity index (χ0n) is 38.8. The molecule has 1 unspecified atom stereocenters. The summed E-state index contributed by atoms with van der Waals surface area (Å²) in [7, 11) is 0. The zero-order chi connectivity index (χ0) is 41.7. The Balaban J connectivity index is 4.24. The van der Waals surface area contributed by atoms with E-state index in [9.17, 15) is 14.4 Å². The molecule has 0 aromatic rings. The van der Waals surface area contributed by atoms with Gasteiger partial charge in [-0.15, -0.1) is 0 Å². The molecule has 0 aromatic carbocycles. The third kappa shape index (κ3) is 43.8. The van der Waals surface area contributed by atoms with E-state index in [1.807, 2.05) is 0 Å². The maximum atomic E-state index is 12.7. The predicted octanol–water partition coefficient (Wildman–Crippen LogP) is 16.3. The number of unbranched alkanes of at least 4 members (excludes halogenated alkanes) is 32. The Morgan fingerprint density at radius 2 is 0.614 bits per heavy atom. The van der Waals surface area contributed by atoms with Crippen molar-refractivity contribution >= 4 is 17.9 Å². The molecule has 0 amide bonds. The van der Waals surface area contributed by atoms with Crippen molar-refractivity contribution in [2.75, 3.05) is 13.2 Å². The minimum absolute atomic E-state index is 0.0635. The van der Waals surface area contributed by atoms with Crippen molar-refractivity contribution in [1.29, 1.82) is 0 Å². The van der Waals surface area contributed by atoms with E-state index in [1.54, 1.807) is 0 Å². The van der Waals surface area contributed by atoms with Gasteiger partial charge in [0, 0.05) is 19.3 Å². The van der Waals surface area contributed by atoms with E-state index in [0.29, 0.717) is 19.3 Å². The fourth-order valence-corrected chi connectivity index (χ4v) is 7.66. The number of ether oxygens (including phenoxy) is 3. The highest BCUT2D eigenvalue weighted by Gasteiger charge is 2.19. The van der Waals surface area contributed by atoms with Crippen molar-refractivity contribution < 1.29 is 28.6 Å². The lowest BCUT2D eigenvalue weighted by atomic mass is 9.99. The molecule has 2 atom stereocenters. The smallest absolute Gasteiger partial charge is 0.306 e. The first-order valence-corrected chi connectivity index (χ1v) is 25.4. The molecule has 0 saturated heterocycles.